The molecule has 3 rings (SSSR count). The van der Waals surface area contributed by atoms with Gasteiger partial charge in [-0.25, -0.2) is 18.2 Å². The second-order valence-electron chi connectivity index (χ2n) is 4.60. The van der Waals surface area contributed by atoms with E-state index >= 15 is 0 Å². The van der Waals surface area contributed by atoms with Crippen LogP contribution in [0.1, 0.15) is 17.8 Å². The first kappa shape index (κ1) is 16.3. The average molecular weight is 378 g/mol. The van der Waals surface area contributed by atoms with Crippen LogP contribution in [0.3, 0.4) is 0 Å². The highest BCUT2D eigenvalue weighted by Gasteiger charge is 2.19. The Morgan fingerprint density at radius 2 is 2.04 bits per heavy atom. The Morgan fingerprint density at radius 3 is 2.65 bits per heavy atom. The quantitative estimate of drug-likeness (QED) is 0.606. The van der Waals surface area contributed by atoms with Crippen LogP contribution in [0.25, 0.3) is 10.7 Å². The summed E-state index contributed by atoms with van der Waals surface area (Å²) in [4.78, 5) is 8.43. The lowest BCUT2D eigenvalue weighted by molar-refractivity contribution is 0.146. The fraction of sp³-hybridized carbons (Fsp3) is 0.143. The summed E-state index contributed by atoms with van der Waals surface area (Å²) in [6.07, 6.45) is -0.246. The molecule has 3 aromatic rings. The van der Waals surface area contributed by atoms with Crippen LogP contribution in [0.2, 0.25) is 9.36 Å². The van der Waals surface area contributed by atoms with Crippen LogP contribution in [-0.2, 0) is 6.54 Å². The zero-order chi connectivity index (χ0) is 16.6. The average Bonchev–Trinajstić information content (AvgIpc) is 3.08. The molecule has 3 nitrogen and oxygen atoms in total. The lowest BCUT2D eigenvalue weighted by Crippen LogP contribution is -2.04. The largest absolute Gasteiger partial charge is 0.324 e. The molecule has 0 saturated heterocycles. The second-order valence-corrected chi connectivity index (χ2v) is 6.76. The molecule has 0 aliphatic rings. The van der Waals surface area contributed by atoms with Gasteiger partial charge in [-0.3, -0.25) is 4.98 Å². The molecule has 3 heterocycles. The Bertz CT molecular complexity index is 848. The molecule has 0 aliphatic carbocycles. The molecule has 0 radical (unpaired) electrons. The first-order valence-electron chi connectivity index (χ1n) is 6.35. The zero-order valence-corrected chi connectivity index (χ0v) is 13.6. The number of pyridine rings is 1. The fourth-order valence-corrected chi connectivity index (χ4v) is 3.21. The van der Waals surface area contributed by atoms with Crippen molar-refractivity contribution in [1.29, 1.82) is 0 Å². The highest BCUT2D eigenvalue weighted by Crippen LogP contribution is 2.32. The SMILES string of the molecule is Fc1cc(Cl)cnc1Cn1cc(C(F)F)nc1-c1ccc(Cl)s1. The van der Waals surface area contributed by atoms with Crippen molar-refractivity contribution in [3.63, 3.8) is 0 Å². The summed E-state index contributed by atoms with van der Waals surface area (Å²) in [7, 11) is 0. The van der Waals surface area contributed by atoms with Gasteiger partial charge < -0.3 is 4.57 Å². The van der Waals surface area contributed by atoms with Crippen LogP contribution in [-0.4, -0.2) is 14.5 Å². The molecule has 120 valence electrons. The van der Waals surface area contributed by atoms with Crippen LogP contribution in [0, 0.1) is 5.82 Å². The van der Waals surface area contributed by atoms with Crippen molar-refractivity contribution in [3.05, 3.63) is 57.2 Å². The molecular weight excluding hydrogens is 370 g/mol. The lowest BCUT2D eigenvalue weighted by Gasteiger charge is -2.07. The third-order valence-electron chi connectivity index (χ3n) is 3.02. The molecule has 23 heavy (non-hydrogen) atoms. The maximum Gasteiger partial charge on any atom is 0.281 e. The molecule has 0 saturated carbocycles. The third-order valence-corrected chi connectivity index (χ3v) is 4.45. The molecule has 0 aliphatic heterocycles. The van der Waals surface area contributed by atoms with E-state index in [1.807, 2.05) is 0 Å². The van der Waals surface area contributed by atoms with Gasteiger partial charge in [0.05, 0.1) is 26.5 Å². The van der Waals surface area contributed by atoms with E-state index in [2.05, 4.69) is 9.97 Å². The minimum absolute atomic E-state index is 0.0480. The van der Waals surface area contributed by atoms with Gasteiger partial charge in [0.15, 0.2) is 5.82 Å². The molecule has 0 amide bonds. The van der Waals surface area contributed by atoms with E-state index in [-0.39, 0.29) is 28.8 Å². The van der Waals surface area contributed by atoms with Crippen molar-refractivity contribution in [3.8, 4) is 10.7 Å². The second kappa shape index (κ2) is 6.51. The number of halogens is 5. The summed E-state index contributed by atoms with van der Waals surface area (Å²) in [5.74, 6) is -0.326. The minimum atomic E-state index is -2.73. The Kier molecular flexibility index (Phi) is 4.61. The molecule has 3 aromatic heterocycles. The Hall–Kier alpha value is -1.57. The van der Waals surface area contributed by atoms with Crippen LogP contribution in [0.5, 0.6) is 0 Å². The van der Waals surface area contributed by atoms with E-state index in [1.54, 1.807) is 12.1 Å². The highest BCUT2D eigenvalue weighted by molar-refractivity contribution is 7.19. The van der Waals surface area contributed by atoms with Gasteiger partial charge in [0.25, 0.3) is 6.43 Å². The van der Waals surface area contributed by atoms with Gasteiger partial charge in [-0.1, -0.05) is 23.2 Å². The van der Waals surface area contributed by atoms with Crippen molar-refractivity contribution in [2.24, 2.45) is 0 Å². The monoisotopic (exact) mass is 377 g/mol. The standard InChI is InChI=1S/C14H8Cl2F3N3S/c15-7-3-8(17)9(20-4-7)5-22-6-10(13(18)19)21-14(22)11-1-2-12(16)23-11/h1-4,6,13H,5H2. The molecule has 0 N–H and O–H groups in total. The van der Waals surface area contributed by atoms with E-state index in [4.69, 9.17) is 23.2 Å². The number of hydrogen-bond donors (Lipinski definition) is 0. The van der Waals surface area contributed by atoms with Crippen LogP contribution < -0.4 is 0 Å². The van der Waals surface area contributed by atoms with Gasteiger partial charge in [0.2, 0.25) is 0 Å². The number of alkyl halides is 2. The maximum absolute atomic E-state index is 13.9. The normalized spacial score (nSPS) is 11.4. The summed E-state index contributed by atoms with van der Waals surface area (Å²) in [5, 5.41) is 0.162. The topological polar surface area (TPSA) is 30.7 Å². The van der Waals surface area contributed by atoms with E-state index in [1.165, 1.54) is 28.3 Å². The van der Waals surface area contributed by atoms with Gasteiger partial charge in [0, 0.05) is 12.4 Å². The Labute approximate surface area is 143 Å². The Balaban J connectivity index is 2.03. The minimum Gasteiger partial charge on any atom is -0.324 e. The van der Waals surface area contributed by atoms with Crippen LogP contribution >= 0.6 is 34.5 Å². The highest BCUT2D eigenvalue weighted by atomic mass is 35.5. The predicted octanol–water partition coefficient (Wildman–Crippen LogP) is 5.44. The van der Waals surface area contributed by atoms with Crippen molar-refractivity contribution in [1.82, 2.24) is 14.5 Å². The third kappa shape index (κ3) is 3.52. The number of hydrogen-bond acceptors (Lipinski definition) is 3. The van der Waals surface area contributed by atoms with Gasteiger partial charge in [0.1, 0.15) is 11.5 Å². The van der Waals surface area contributed by atoms with Crippen molar-refractivity contribution in [2.45, 2.75) is 13.0 Å². The lowest BCUT2D eigenvalue weighted by atomic mass is 10.3. The van der Waals surface area contributed by atoms with Crippen molar-refractivity contribution >= 4 is 34.5 Å². The van der Waals surface area contributed by atoms with Crippen molar-refractivity contribution < 1.29 is 13.2 Å². The first-order valence-corrected chi connectivity index (χ1v) is 7.92. The summed E-state index contributed by atoms with van der Waals surface area (Å²) < 4.78 is 41.7. The predicted molar refractivity (Wildman–Crippen MR) is 83.8 cm³/mol. The fourth-order valence-electron chi connectivity index (χ4n) is 2.01. The summed E-state index contributed by atoms with van der Waals surface area (Å²) in [6.45, 7) is -0.0480. The van der Waals surface area contributed by atoms with Crippen LogP contribution in [0.15, 0.2) is 30.6 Å². The van der Waals surface area contributed by atoms with Gasteiger partial charge in [-0.2, -0.15) is 0 Å². The number of rotatable bonds is 4. The summed E-state index contributed by atoms with van der Waals surface area (Å²) in [6, 6.07) is 4.44. The molecular formula is C14H8Cl2F3N3S. The smallest absolute Gasteiger partial charge is 0.281 e. The van der Waals surface area contributed by atoms with E-state index in [0.717, 1.165) is 6.07 Å². The summed E-state index contributed by atoms with van der Waals surface area (Å²) >= 11 is 12.7. The van der Waals surface area contributed by atoms with E-state index < -0.39 is 12.2 Å². The van der Waals surface area contributed by atoms with Crippen LogP contribution in [0.4, 0.5) is 13.2 Å². The molecule has 9 heteroatoms. The summed E-state index contributed by atoms with van der Waals surface area (Å²) in [5.41, 5.74) is -0.310. The van der Waals surface area contributed by atoms with Crippen molar-refractivity contribution in [2.75, 3.05) is 0 Å². The Morgan fingerprint density at radius 1 is 1.26 bits per heavy atom. The number of imidazole rings is 1. The molecule has 0 bridgehead atoms. The molecule has 0 atom stereocenters. The van der Waals surface area contributed by atoms with Gasteiger partial charge >= 0.3 is 0 Å². The molecule has 0 aromatic carbocycles. The van der Waals surface area contributed by atoms with E-state index in [9.17, 15) is 13.2 Å². The van der Waals surface area contributed by atoms with Gasteiger partial charge in [-0.05, 0) is 18.2 Å². The molecule has 0 unspecified atom stereocenters. The number of thiophene rings is 1. The molecule has 0 spiro atoms. The molecule has 0 fully saturated rings. The van der Waals surface area contributed by atoms with Gasteiger partial charge in [-0.15, -0.1) is 11.3 Å². The maximum atomic E-state index is 13.9. The number of nitrogens with zero attached hydrogens (tertiary/aromatic N) is 3. The number of aromatic nitrogens is 3. The zero-order valence-electron chi connectivity index (χ0n) is 11.3. The first-order chi connectivity index (χ1) is 10.9. The van der Waals surface area contributed by atoms with E-state index in [0.29, 0.717) is 9.21 Å².